The molecule has 1 aliphatic heterocycles. The third-order valence-corrected chi connectivity index (χ3v) is 3.21. The van der Waals surface area contributed by atoms with Crippen LogP contribution in [0.15, 0.2) is 16.5 Å². The van der Waals surface area contributed by atoms with Gasteiger partial charge >= 0.3 is 5.97 Å². The molecule has 124 valence electrons. The minimum Gasteiger partial charge on any atom is -0.481 e. The van der Waals surface area contributed by atoms with E-state index in [1.54, 1.807) is 19.9 Å². The lowest BCUT2D eigenvalue weighted by atomic mass is 10.1. The highest BCUT2D eigenvalue weighted by Crippen LogP contribution is 2.17. The second-order valence-electron chi connectivity index (χ2n) is 5.80. The van der Waals surface area contributed by atoms with Crippen molar-refractivity contribution in [2.45, 2.75) is 31.9 Å². The molecular formula is C16H19NO6. The number of furan rings is 1. The number of nitrogens with zero attached hydrogens (tertiary/aromatic N) is 1. The van der Waals surface area contributed by atoms with Gasteiger partial charge in [-0.05, 0) is 31.9 Å². The molecule has 0 aliphatic carbocycles. The van der Waals surface area contributed by atoms with Gasteiger partial charge in [-0.15, -0.1) is 0 Å². The molecule has 0 bridgehead atoms. The maximum atomic E-state index is 12.5. The molecule has 7 nitrogen and oxygen atoms in total. The first-order valence-electron chi connectivity index (χ1n) is 7.22. The first-order chi connectivity index (χ1) is 10.8. The standard InChI is InChI=1S/C16H19NO6/c1-16(2,21)6-5-12-3-4-13(23-12)15(20)17-7-8-22-10-11(17)9-14(18)19/h3-4,11,21H,7-10H2,1-2H3,(H,18,19). The second kappa shape index (κ2) is 6.86. The fourth-order valence-corrected chi connectivity index (χ4v) is 2.17. The normalized spacial score (nSPS) is 18.2. The van der Waals surface area contributed by atoms with Crippen LogP contribution in [0.2, 0.25) is 0 Å². The van der Waals surface area contributed by atoms with E-state index in [9.17, 15) is 14.7 Å². The number of ether oxygens (including phenoxy) is 1. The molecule has 2 rings (SSSR count). The highest BCUT2D eigenvalue weighted by molar-refractivity contribution is 5.92. The summed E-state index contributed by atoms with van der Waals surface area (Å²) in [6.45, 7) is 3.93. The molecule has 1 aliphatic rings. The van der Waals surface area contributed by atoms with Gasteiger partial charge in [0.15, 0.2) is 11.5 Å². The number of carbonyl (C=O) groups excluding carboxylic acids is 1. The zero-order valence-corrected chi connectivity index (χ0v) is 13.0. The van der Waals surface area contributed by atoms with Gasteiger partial charge in [0.25, 0.3) is 5.91 Å². The molecular weight excluding hydrogens is 302 g/mol. The number of hydrogen-bond donors (Lipinski definition) is 2. The molecule has 1 amide bonds. The van der Waals surface area contributed by atoms with Crippen LogP contribution in [0.5, 0.6) is 0 Å². The fourth-order valence-electron chi connectivity index (χ4n) is 2.17. The first kappa shape index (κ1) is 17.1. The first-order valence-corrected chi connectivity index (χ1v) is 7.22. The highest BCUT2D eigenvalue weighted by atomic mass is 16.5. The summed E-state index contributed by atoms with van der Waals surface area (Å²) in [4.78, 5) is 24.8. The average Bonchev–Trinajstić information content (AvgIpc) is 2.92. The van der Waals surface area contributed by atoms with E-state index >= 15 is 0 Å². The molecule has 2 heterocycles. The lowest BCUT2D eigenvalue weighted by Crippen LogP contribution is -2.49. The Morgan fingerprint density at radius 3 is 2.83 bits per heavy atom. The van der Waals surface area contributed by atoms with Gasteiger partial charge in [0.2, 0.25) is 0 Å². The molecule has 1 unspecified atom stereocenters. The monoisotopic (exact) mass is 321 g/mol. The smallest absolute Gasteiger partial charge is 0.305 e. The number of aliphatic carboxylic acids is 1. The van der Waals surface area contributed by atoms with Crippen LogP contribution in [0.3, 0.4) is 0 Å². The molecule has 1 saturated heterocycles. The van der Waals surface area contributed by atoms with Crippen molar-refractivity contribution in [3.63, 3.8) is 0 Å². The molecule has 1 aromatic rings. The summed E-state index contributed by atoms with van der Waals surface area (Å²) in [6, 6.07) is 2.51. The van der Waals surface area contributed by atoms with Crippen LogP contribution in [0.25, 0.3) is 0 Å². The molecule has 2 N–H and O–H groups in total. The van der Waals surface area contributed by atoms with E-state index in [1.807, 2.05) is 0 Å². The Kier molecular flexibility index (Phi) is 5.08. The maximum absolute atomic E-state index is 12.5. The second-order valence-corrected chi connectivity index (χ2v) is 5.80. The number of amides is 1. The van der Waals surface area contributed by atoms with E-state index in [1.165, 1.54) is 11.0 Å². The molecule has 7 heteroatoms. The maximum Gasteiger partial charge on any atom is 0.305 e. The van der Waals surface area contributed by atoms with Gasteiger partial charge in [-0.2, -0.15) is 0 Å². The molecule has 1 aromatic heterocycles. The third kappa shape index (κ3) is 4.84. The van der Waals surface area contributed by atoms with Gasteiger partial charge in [-0.25, -0.2) is 0 Å². The number of carboxylic acid groups (broad SMARTS) is 1. The van der Waals surface area contributed by atoms with Crippen LogP contribution in [0.1, 0.15) is 36.6 Å². The summed E-state index contributed by atoms with van der Waals surface area (Å²) in [7, 11) is 0. The van der Waals surface area contributed by atoms with Crippen molar-refractivity contribution >= 4 is 11.9 Å². The molecule has 0 saturated carbocycles. The van der Waals surface area contributed by atoms with Crippen molar-refractivity contribution < 1.29 is 29.0 Å². The lowest BCUT2D eigenvalue weighted by Gasteiger charge is -2.34. The predicted molar refractivity (Wildman–Crippen MR) is 79.8 cm³/mol. The minimum absolute atomic E-state index is 0.0855. The van der Waals surface area contributed by atoms with Gasteiger partial charge < -0.3 is 24.3 Å². The van der Waals surface area contributed by atoms with Gasteiger partial charge in [-0.1, -0.05) is 5.92 Å². The van der Waals surface area contributed by atoms with Crippen LogP contribution in [-0.4, -0.2) is 58.4 Å². The zero-order valence-electron chi connectivity index (χ0n) is 13.0. The van der Waals surface area contributed by atoms with Crippen LogP contribution in [-0.2, 0) is 9.53 Å². The highest BCUT2D eigenvalue weighted by Gasteiger charge is 2.31. The Hall–Kier alpha value is -2.30. The number of morpholine rings is 1. The van der Waals surface area contributed by atoms with Crippen LogP contribution >= 0.6 is 0 Å². The summed E-state index contributed by atoms with van der Waals surface area (Å²) in [5, 5.41) is 18.5. The number of hydrogen-bond acceptors (Lipinski definition) is 5. The number of rotatable bonds is 3. The van der Waals surface area contributed by atoms with Gasteiger partial charge in [0.05, 0.1) is 25.7 Å². The predicted octanol–water partition coefficient (Wildman–Crippen LogP) is 0.718. The Balaban J connectivity index is 2.14. The van der Waals surface area contributed by atoms with E-state index in [4.69, 9.17) is 14.3 Å². The van der Waals surface area contributed by atoms with Crippen LogP contribution in [0, 0.1) is 11.8 Å². The van der Waals surface area contributed by atoms with Gasteiger partial charge in [0, 0.05) is 6.54 Å². The number of aliphatic hydroxyl groups is 1. The zero-order chi connectivity index (χ0) is 17.0. The molecule has 1 atom stereocenters. The third-order valence-electron chi connectivity index (χ3n) is 3.21. The van der Waals surface area contributed by atoms with E-state index in [-0.39, 0.29) is 24.5 Å². The number of carbonyl (C=O) groups is 2. The van der Waals surface area contributed by atoms with Gasteiger partial charge in [-0.3, -0.25) is 9.59 Å². The van der Waals surface area contributed by atoms with Crippen LogP contribution in [0.4, 0.5) is 0 Å². The van der Waals surface area contributed by atoms with Crippen molar-refractivity contribution in [2.24, 2.45) is 0 Å². The summed E-state index contributed by atoms with van der Waals surface area (Å²) in [6.07, 6.45) is -0.183. The molecule has 0 radical (unpaired) electrons. The fraction of sp³-hybridized carbons (Fsp3) is 0.500. The van der Waals surface area contributed by atoms with Crippen LogP contribution < -0.4 is 0 Å². The largest absolute Gasteiger partial charge is 0.481 e. The molecule has 1 fully saturated rings. The summed E-state index contributed by atoms with van der Waals surface area (Å²) in [5.74, 6) is 4.21. The Morgan fingerprint density at radius 2 is 2.17 bits per heavy atom. The van der Waals surface area contributed by atoms with Crippen molar-refractivity contribution in [3.05, 3.63) is 23.7 Å². The summed E-state index contributed by atoms with van der Waals surface area (Å²) >= 11 is 0. The average molecular weight is 321 g/mol. The molecule has 23 heavy (non-hydrogen) atoms. The summed E-state index contributed by atoms with van der Waals surface area (Å²) in [5.41, 5.74) is -1.16. The van der Waals surface area contributed by atoms with E-state index in [2.05, 4.69) is 11.8 Å². The molecule has 0 aromatic carbocycles. The Morgan fingerprint density at radius 1 is 1.43 bits per heavy atom. The van der Waals surface area contributed by atoms with E-state index in [0.29, 0.717) is 13.2 Å². The molecule has 0 spiro atoms. The SMILES string of the molecule is CC(C)(O)C#Cc1ccc(C(=O)N2CCOCC2CC(=O)O)o1. The van der Waals surface area contributed by atoms with Crippen molar-refractivity contribution in [3.8, 4) is 11.8 Å². The lowest BCUT2D eigenvalue weighted by molar-refractivity contribution is -0.139. The minimum atomic E-state index is -1.16. The quantitative estimate of drug-likeness (QED) is 0.796. The van der Waals surface area contributed by atoms with E-state index in [0.717, 1.165) is 0 Å². The number of carboxylic acids is 1. The van der Waals surface area contributed by atoms with Crippen molar-refractivity contribution in [2.75, 3.05) is 19.8 Å². The van der Waals surface area contributed by atoms with Crippen molar-refractivity contribution in [1.29, 1.82) is 0 Å². The summed E-state index contributed by atoms with van der Waals surface area (Å²) < 4.78 is 10.6. The van der Waals surface area contributed by atoms with Gasteiger partial charge in [0.1, 0.15) is 5.60 Å². The van der Waals surface area contributed by atoms with Crippen molar-refractivity contribution in [1.82, 2.24) is 4.90 Å². The Bertz CT molecular complexity index is 646. The Labute approximate surface area is 133 Å². The van der Waals surface area contributed by atoms with E-state index < -0.39 is 23.5 Å². The topological polar surface area (TPSA) is 100 Å².